The SMILES string of the molecule is C#CCOCC1CCN(C(=O)Cc2c[nH]c3ccccc23)CC1. The molecule has 1 aromatic carbocycles. The molecule has 4 heteroatoms. The molecule has 3 rings (SSSR count). The van der Waals surface area contributed by atoms with E-state index < -0.39 is 0 Å². The summed E-state index contributed by atoms with van der Waals surface area (Å²) in [6, 6.07) is 8.10. The number of hydrogen-bond donors (Lipinski definition) is 1. The number of piperidine rings is 1. The topological polar surface area (TPSA) is 45.3 Å². The number of carbonyl (C=O) groups excluding carboxylic acids is 1. The van der Waals surface area contributed by atoms with Crippen LogP contribution in [0.5, 0.6) is 0 Å². The van der Waals surface area contributed by atoms with Gasteiger partial charge in [0.05, 0.1) is 13.0 Å². The van der Waals surface area contributed by atoms with Crippen molar-refractivity contribution >= 4 is 16.8 Å². The number of aromatic amines is 1. The van der Waals surface area contributed by atoms with E-state index in [1.165, 1.54) is 0 Å². The van der Waals surface area contributed by atoms with E-state index in [1.807, 2.05) is 29.3 Å². The molecular formula is C19H22N2O2. The van der Waals surface area contributed by atoms with Gasteiger partial charge in [0.2, 0.25) is 5.91 Å². The number of terminal acetylenes is 1. The van der Waals surface area contributed by atoms with Crippen LogP contribution >= 0.6 is 0 Å². The lowest BCUT2D eigenvalue weighted by atomic mass is 9.97. The maximum Gasteiger partial charge on any atom is 0.227 e. The molecule has 23 heavy (non-hydrogen) atoms. The Labute approximate surface area is 136 Å². The van der Waals surface area contributed by atoms with Crippen molar-refractivity contribution in [3.63, 3.8) is 0 Å². The highest BCUT2D eigenvalue weighted by Crippen LogP contribution is 2.21. The van der Waals surface area contributed by atoms with Crippen LogP contribution in [0.2, 0.25) is 0 Å². The molecule has 1 N–H and O–H groups in total. The number of carbonyl (C=O) groups is 1. The number of likely N-dealkylation sites (tertiary alicyclic amines) is 1. The summed E-state index contributed by atoms with van der Waals surface area (Å²) in [5.41, 5.74) is 2.16. The quantitative estimate of drug-likeness (QED) is 0.681. The van der Waals surface area contributed by atoms with Gasteiger partial charge in [0.15, 0.2) is 0 Å². The third-order valence-electron chi connectivity index (χ3n) is 4.52. The number of amides is 1. The molecule has 1 aromatic heterocycles. The van der Waals surface area contributed by atoms with Gasteiger partial charge in [-0.1, -0.05) is 24.1 Å². The Morgan fingerprint density at radius 2 is 2.13 bits per heavy atom. The number of nitrogens with one attached hydrogen (secondary N) is 1. The van der Waals surface area contributed by atoms with Crippen LogP contribution in [0.25, 0.3) is 10.9 Å². The Bertz CT molecular complexity index is 705. The molecule has 4 nitrogen and oxygen atoms in total. The molecule has 120 valence electrons. The van der Waals surface area contributed by atoms with Gasteiger partial charge in [0, 0.05) is 30.2 Å². The van der Waals surface area contributed by atoms with Crippen molar-refractivity contribution < 1.29 is 9.53 Å². The number of aromatic nitrogens is 1. The van der Waals surface area contributed by atoms with E-state index in [0.717, 1.165) is 42.4 Å². The van der Waals surface area contributed by atoms with Crippen LogP contribution in [0.3, 0.4) is 0 Å². The highest BCUT2D eigenvalue weighted by atomic mass is 16.5. The predicted molar refractivity (Wildman–Crippen MR) is 91.0 cm³/mol. The first kappa shape index (κ1) is 15.6. The molecule has 1 aliphatic rings. The zero-order chi connectivity index (χ0) is 16.1. The van der Waals surface area contributed by atoms with E-state index in [1.54, 1.807) is 0 Å². The normalized spacial score (nSPS) is 15.7. The van der Waals surface area contributed by atoms with Gasteiger partial charge >= 0.3 is 0 Å². The molecule has 2 heterocycles. The molecule has 0 aliphatic carbocycles. The van der Waals surface area contributed by atoms with E-state index >= 15 is 0 Å². The van der Waals surface area contributed by atoms with E-state index in [9.17, 15) is 4.79 Å². The first-order valence-corrected chi connectivity index (χ1v) is 8.12. The molecule has 0 radical (unpaired) electrons. The second kappa shape index (κ2) is 7.34. The lowest BCUT2D eigenvalue weighted by Crippen LogP contribution is -2.40. The fourth-order valence-corrected chi connectivity index (χ4v) is 3.19. The van der Waals surface area contributed by atoms with Crippen LogP contribution in [-0.4, -0.2) is 42.1 Å². The van der Waals surface area contributed by atoms with Gasteiger partial charge < -0.3 is 14.6 Å². The van der Waals surface area contributed by atoms with Gasteiger partial charge in [-0.05, 0) is 30.4 Å². The first-order valence-electron chi connectivity index (χ1n) is 8.12. The Balaban J connectivity index is 1.53. The Kier molecular flexibility index (Phi) is 4.99. The number of rotatable bonds is 5. The second-order valence-electron chi connectivity index (χ2n) is 6.08. The average molecular weight is 310 g/mol. The second-order valence-corrected chi connectivity index (χ2v) is 6.08. The van der Waals surface area contributed by atoms with Crippen molar-refractivity contribution in [2.45, 2.75) is 19.3 Å². The van der Waals surface area contributed by atoms with E-state index in [4.69, 9.17) is 11.2 Å². The fraction of sp³-hybridized carbons (Fsp3) is 0.421. The highest BCUT2D eigenvalue weighted by molar-refractivity contribution is 5.88. The minimum Gasteiger partial charge on any atom is -0.369 e. The van der Waals surface area contributed by atoms with Crippen LogP contribution in [0.15, 0.2) is 30.5 Å². The summed E-state index contributed by atoms with van der Waals surface area (Å²) in [5, 5.41) is 1.14. The van der Waals surface area contributed by atoms with E-state index in [-0.39, 0.29) is 5.91 Å². The predicted octanol–water partition coefficient (Wildman–Crippen LogP) is 2.60. The fourth-order valence-electron chi connectivity index (χ4n) is 3.19. The number of ether oxygens (including phenoxy) is 1. The number of nitrogens with zero attached hydrogens (tertiary/aromatic N) is 1. The summed E-state index contributed by atoms with van der Waals surface area (Å²) in [6.07, 6.45) is 9.57. The van der Waals surface area contributed by atoms with Crippen molar-refractivity contribution in [2.24, 2.45) is 5.92 Å². The summed E-state index contributed by atoms with van der Waals surface area (Å²) in [5.74, 6) is 3.20. The van der Waals surface area contributed by atoms with Crippen molar-refractivity contribution in [1.29, 1.82) is 0 Å². The molecule has 1 fully saturated rings. The Morgan fingerprint density at radius 1 is 1.35 bits per heavy atom. The average Bonchev–Trinajstić information content (AvgIpc) is 2.99. The van der Waals surface area contributed by atoms with Crippen molar-refractivity contribution in [3.8, 4) is 12.3 Å². The van der Waals surface area contributed by atoms with Gasteiger partial charge in [-0.2, -0.15) is 0 Å². The van der Waals surface area contributed by atoms with Gasteiger partial charge in [-0.25, -0.2) is 0 Å². The summed E-state index contributed by atoms with van der Waals surface area (Å²) >= 11 is 0. The molecule has 0 spiro atoms. The number of benzene rings is 1. The number of fused-ring (bicyclic) bond motifs is 1. The molecular weight excluding hydrogens is 288 g/mol. The molecule has 1 aliphatic heterocycles. The van der Waals surface area contributed by atoms with E-state index in [2.05, 4.69) is 17.0 Å². The Hall–Kier alpha value is -2.25. The highest BCUT2D eigenvalue weighted by Gasteiger charge is 2.23. The summed E-state index contributed by atoms with van der Waals surface area (Å²) in [7, 11) is 0. The number of para-hydroxylation sites is 1. The van der Waals surface area contributed by atoms with Crippen LogP contribution < -0.4 is 0 Å². The standard InChI is InChI=1S/C19H22N2O2/c1-2-11-23-14-15-7-9-21(10-8-15)19(22)12-16-13-20-18-6-4-3-5-17(16)18/h1,3-6,13,15,20H,7-12,14H2. The molecule has 1 saturated heterocycles. The molecule has 0 unspecified atom stereocenters. The lowest BCUT2D eigenvalue weighted by molar-refractivity contribution is -0.132. The Morgan fingerprint density at radius 3 is 2.91 bits per heavy atom. The zero-order valence-corrected chi connectivity index (χ0v) is 13.3. The summed E-state index contributed by atoms with van der Waals surface area (Å²) in [4.78, 5) is 17.7. The molecule has 0 bridgehead atoms. The van der Waals surface area contributed by atoms with Crippen molar-refractivity contribution in [3.05, 3.63) is 36.0 Å². The van der Waals surface area contributed by atoms with Gasteiger partial charge in [-0.15, -0.1) is 6.42 Å². The minimum absolute atomic E-state index is 0.206. The lowest BCUT2D eigenvalue weighted by Gasteiger charge is -2.31. The maximum absolute atomic E-state index is 12.5. The largest absolute Gasteiger partial charge is 0.369 e. The summed E-state index contributed by atoms with van der Waals surface area (Å²) in [6.45, 7) is 2.70. The van der Waals surface area contributed by atoms with Gasteiger partial charge in [-0.3, -0.25) is 4.79 Å². The smallest absolute Gasteiger partial charge is 0.227 e. The first-order chi connectivity index (χ1) is 11.3. The third kappa shape index (κ3) is 3.75. The molecule has 2 aromatic rings. The maximum atomic E-state index is 12.5. The van der Waals surface area contributed by atoms with Crippen LogP contribution in [0.4, 0.5) is 0 Å². The number of hydrogen-bond acceptors (Lipinski definition) is 2. The third-order valence-corrected chi connectivity index (χ3v) is 4.52. The van der Waals surface area contributed by atoms with E-state index in [0.29, 0.717) is 25.6 Å². The summed E-state index contributed by atoms with van der Waals surface area (Å²) < 4.78 is 5.41. The molecule has 1 amide bonds. The van der Waals surface area contributed by atoms with Crippen molar-refractivity contribution in [2.75, 3.05) is 26.3 Å². The van der Waals surface area contributed by atoms with Crippen molar-refractivity contribution in [1.82, 2.24) is 9.88 Å². The minimum atomic E-state index is 0.206. The van der Waals surface area contributed by atoms with Crippen LogP contribution in [-0.2, 0) is 16.0 Å². The van der Waals surface area contributed by atoms with Crippen LogP contribution in [0, 0.1) is 18.3 Å². The molecule has 0 saturated carbocycles. The number of H-pyrrole nitrogens is 1. The molecule has 0 atom stereocenters. The van der Waals surface area contributed by atoms with Crippen LogP contribution in [0.1, 0.15) is 18.4 Å². The zero-order valence-electron chi connectivity index (χ0n) is 13.3. The van der Waals surface area contributed by atoms with Gasteiger partial charge in [0.25, 0.3) is 0 Å². The monoisotopic (exact) mass is 310 g/mol. The van der Waals surface area contributed by atoms with Gasteiger partial charge in [0.1, 0.15) is 6.61 Å².